The molecule has 0 unspecified atom stereocenters. The van der Waals surface area contributed by atoms with E-state index in [4.69, 9.17) is 8.83 Å². The third-order valence-electron chi connectivity index (χ3n) is 3.13. The molecule has 0 saturated heterocycles. The Morgan fingerprint density at radius 2 is 2.00 bits per heavy atom. The highest BCUT2D eigenvalue weighted by molar-refractivity contribution is 7.14. The molecule has 0 radical (unpaired) electrons. The van der Waals surface area contributed by atoms with E-state index >= 15 is 0 Å². The first-order valence-corrected chi connectivity index (χ1v) is 8.17. The molecular weight excluding hydrogens is 330 g/mol. The van der Waals surface area contributed by atoms with Crippen LogP contribution in [0.15, 0.2) is 51.0 Å². The molecule has 8 heteroatoms. The molecule has 0 spiro atoms. The Hall–Kier alpha value is -2.87. The van der Waals surface area contributed by atoms with Gasteiger partial charge in [0.15, 0.2) is 10.9 Å². The SMILES string of the molecule is O=C(Cc1csc(NC(=O)c2ccco2)n1)NCCc1ccco1. The van der Waals surface area contributed by atoms with Gasteiger partial charge in [-0.25, -0.2) is 4.98 Å². The van der Waals surface area contributed by atoms with Gasteiger partial charge in [-0.05, 0) is 24.3 Å². The van der Waals surface area contributed by atoms with Crippen molar-refractivity contribution in [3.8, 4) is 0 Å². The highest BCUT2D eigenvalue weighted by Gasteiger charge is 2.12. The molecule has 0 aliphatic rings. The van der Waals surface area contributed by atoms with E-state index in [0.717, 1.165) is 5.76 Å². The highest BCUT2D eigenvalue weighted by atomic mass is 32.1. The molecule has 3 rings (SSSR count). The first kappa shape index (κ1) is 16.0. The van der Waals surface area contributed by atoms with Crippen LogP contribution in [0.2, 0.25) is 0 Å². The van der Waals surface area contributed by atoms with E-state index in [1.807, 2.05) is 12.1 Å². The summed E-state index contributed by atoms with van der Waals surface area (Å²) >= 11 is 1.26. The standard InChI is InChI=1S/C16H15N3O4S/c20-14(17-6-5-12-3-1-7-22-12)9-11-10-24-16(18-11)19-15(21)13-4-2-8-23-13/h1-4,7-8,10H,5-6,9H2,(H,17,20)(H,18,19,21). The average Bonchev–Trinajstić information content (AvgIpc) is 3.30. The fourth-order valence-corrected chi connectivity index (χ4v) is 2.72. The summed E-state index contributed by atoms with van der Waals surface area (Å²) < 4.78 is 10.2. The second kappa shape index (κ2) is 7.60. The monoisotopic (exact) mass is 345 g/mol. The van der Waals surface area contributed by atoms with Crippen molar-refractivity contribution in [1.82, 2.24) is 10.3 Å². The summed E-state index contributed by atoms with van der Waals surface area (Å²) in [6, 6.07) is 6.87. The fourth-order valence-electron chi connectivity index (χ4n) is 2.02. The van der Waals surface area contributed by atoms with Crippen molar-refractivity contribution in [2.45, 2.75) is 12.8 Å². The van der Waals surface area contributed by atoms with Gasteiger partial charge in [0, 0.05) is 18.3 Å². The van der Waals surface area contributed by atoms with E-state index in [1.165, 1.54) is 17.6 Å². The van der Waals surface area contributed by atoms with Gasteiger partial charge in [0.25, 0.3) is 5.91 Å². The Labute approximate surface area is 141 Å². The van der Waals surface area contributed by atoms with Gasteiger partial charge in [0.2, 0.25) is 5.91 Å². The van der Waals surface area contributed by atoms with E-state index in [-0.39, 0.29) is 24.0 Å². The molecule has 3 heterocycles. The van der Waals surface area contributed by atoms with Crippen LogP contribution in [-0.2, 0) is 17.6 Å². The summed E-state index contributed by atoms with van der Waals surface area (Å²) in [5.74, 6) is 0.536. The molecule has 3 aromatic heterocycles. The van der Waals surface area contributed by atoms with Crippen LogP contribution in [0.5, 0.6) is 0 Å². The Morgan fingerprint density at radius 1 is 1.17 bits per heavy atom. The Morgan fingerprint density at radius 3 is 2.75 bits per heavy atom. The molecule has 124 valence electrons. The van der Waals surface area contributed by atoms with Crippen molar-refractivity contribution >= 4 is 28.3 Å². The molecule has 2 N–H and O–H groups in total. The lowest BCUT2D eigenvalue weighted by molar-refractivity contribution is -0.120. The van der Waals surface area contributed by atoms with Crippen molar-refractivity contribution < 1.29 is 18.4 Å². The maximum atomic E-state index is 11.9. The zero-order valence-electron chi connectivity index (χ0n) is 12.7. The van der Waals surface area contributed by atoms with Gasteiger partial charge in [-0.1, -0.05) is 0 Å². The number of aromatic nitrogens is 1. The van der Waals surface area contributed by atoms with Gasteiger partial charge < -0.3 is 14.2 Å². The lowest BCUT2D eigenvalue weighted by atomic mass is 10.3. The molecule has 0 aliphatic heterocycles. The van der Waals surface area contributed by atoms with E-state index in [0.29, 0.717) is 23.8 Å². The molecule has 0 aromatic carbocycles. The minimum Gasteiger partial charge on any atom is -0.469 e. The minimum atomic E-state index is -0.371. The summed E-state index contributed by atoms with van der Waals surface area (Å²) in [5.41, 5.74) is 0.602. The Balaban J connectivity index is 1.45. The quantitative estimate of drug-likeness (QED) is 0.685. The van der Waals surface area contributed by atoms with Crippen LogP contribution in [-0.4, -0.2) is 23.3 Å². The lowest BCUT2D eigenvalue weighted by Crippen LogP contribution is -2.27. The van der Waals surface area contributed by atoms with Crippen molar-refractivity contribution in [1.29, 1.82) is 0 Å². The Kier molecular flexibility index (Phi) is 5.07. The van der Waals surface area contributed by atoms with Gasteiger partial charge in [-0.3, -0.25) is 14.9 Å². The average molecular weight is 345 g/mol. The van der Waals surface area contributed by atoms with Crippen LogP contribution in [0.3, 0.4) is 0 Å². The van der Waals surface area contributed by atoms with Crippen LogP contribution in [0.1, 0.15) is 22.0 Å². The normalized spacial score (nSPS) is 10.5. The smallest absolute Gasteiger partial charge is 0.293 e. The van der Waals surface area contributed by atoms with Gasteiger partial charge in [0.05, 0.1) is 24.6 Å². The number of nitrogens with one attached hydrogen (secondary N) is 2. The number of anilines is 1. The third kappa shape index (κ3) is 4.32. The number of rotatable bonds is 7. The number of carbonyl (C=O) groups is 2. The highest BCUT2D eigenvalue weighted by Crippen LogP contribution is 2.17. The predicted octanol–water partition coefficient (Wildman–Crippen LogP) is 2.48. The van der Waals surface area contributed by atoms with Crippen LogP contribution >= 0.6 is 11.3 Å². The maximum Gasteiger partial charge on any atom is 0.293 e. The van der Waals surface area contributed by atoms with Gasteiger partial charge in [-0.2, -0.15) is 0 Å². The van der Waals surface area contributed by atoms with E-state index in [2.05, 4.69) is 15.6 Å². The van der Waals surface area contributed by atoms with Crippen molar-refractivity contribution in [2.75, 3.05) is 11.9 Å². The third-order valence-corrected chi connectivity index (χ3v) is 3.94. The van der Waals surface area contributed by atoms with Crippen molar-refractivity contribution in [3.63, 3.8) is 0 Å². The summed E-state index contributed by atoms with van der Waals surface area (Å²) in [5, 5.41) is 7.60. The zero-order chi connectivity index (χ0) is 16.8. The zero-order valence-corrected chi connectivity index (χ0v) is 13.5. The molecule has 24 heavy (non-hydrogen) atoms. The number of thiazole rings is 1. The maximum absolute atomic E-state index is 11.9. The molecule has 0 atom stereocenters. The number of amides is 2. The minimum absolute atomic E-state index is 0.129. The number of hydrogen-bond donors (Lipinski definition) is 2. The van der Waals surface area contributed by atoms with Gasteiger partial charge in [-0.15, -0.1) is 11.3 Å². The molecule has 0 fully saturated rings. The molecule has 3 aromatic rings. The van der Waals surface area contributed by atoms with Crippen LogP contribution in [0, 0.1) is 0 Å². The summed E-state index contributed by atoms with van der Waals surface area (Å²) in [6.07, 6.45) is 3.83. The van der Waals surface area contributed by atoms with Crippen LogP contribution < -0.4 is 10.6 Å². The topological polar surface area (TPSA) is 97.4 Å². The first-order chi connectivity index (χ1) is 11.7. The number of nitrogens with zero attached hydrogens (tertiary/aromatic N) is 1. The molecule has 0 saturated carbocycles. The van der Waals surface area contributed by atoms with Crippen LogP contribution in [0.4, 0.5) is 5.13 Å². The van der Waals surface area contributed by atoms with Crippen molar-refractivity contribution in [3.05, 3.63) is 59.4 Å². The summed E-state index contributed by atoms with van der Waals surface area (Å²) in [6.45, 7) is 0.499. The number of furan rings is 2. The van der Waals surface area contributed by atoms with E-state index in [1.54, 1.807) is 23.8 Å². The summed E-state index contributed by atoms with van der Waals surface area (Å²) in [4.78, 5) is 27.9. The predicted molar refractivity (Wildman–Crippen MR) is 87.9 cm³/mol. The summed E-state index contributed by atoms with van der Waals surface area (Å²) in [7, 11) is 0. The Bertz CT molecular complexity index is 793. The van der Waals surface area contributed by atoms with Gasteiger partial charge >= 0.3 is 0 Å². The van der Waals surface area contributed by atoms with E-state index < -0.39 is 0 Å². The second-order valence-corrected chi connectivity index (χ2v) is 5.79. The lowest BCUT2D eigenvalue weighted by Gasteiger charge is -2.02. The van der Waals surface area contributed by atoms with Crippen molar-refractivity contribution in [2.24, 2.45) is 0 Å². The van der Waals surface area contributed by atoms with Crippen LogP contribution in [0.25, 0.3) is 0 Å². The largest absolute Gasteiger partial charge is 0.469 e. The molecule has 7 nitrogen and oxygen atoms in total. The molecule has 2 amide bonds. The first-order valence-electron chi connectivity index (χ1n) is 7.29. The van der Waals surface area contributed by atoms with Gasteiger partial charge in [0.1, 0.15) is 5.76 Å². The fraction of sp³-hybridized carbons (Fsp3) is 0.188. The number of carbonyl (C=O) groups excluding carboxylic acids is 2. The number of hydrogen-bond acceptors (Lipinski definition) is 6. The molecule has 0 bridgehead atoms. The molecule has 0 aliphatic carbocycles. The molecular formula is C16H15N3O4S. The van der Waals surface area contributed by atoms with E-state index in [9.17, 15) is 9.59 Å². The second-order valence-electron chi connectivity index (χ2n) is 4.93.